The van der Waals surface area contributed by atoms with E-state index in [0.717, 1.165) is 12.8 Å². The lowest BCUT2D eigenvalue weighted by molar-refractivity contribution is -0.202. The second kappa shape index (κ2) is 9.95. The number of hydrogen-bond acceptors (Lipinski definition) is 8. The van der Waals surface area contributed by atoms with Crippen LogP contribution in [0.3, 0.4) is 0 Å². The van der Waals surface area contributed by atoms with Gasteiger partial charge in [0, 0.05) is 38.6 Å². The Balaban J connectivity index is 1.53. The zero-order chi connectivity index (χ0) is 22.4. The maximum Gasteiger partial charge on any atom is 0.265 e. The van der Waals surface area contributed by atoms with Gasteiger partial charge in [-0.3, -0.25) is 9.78 Å². The van der Waals surface area contributed by atoms with Crippen LogP contribution in [0.4, 0.5) is 0 Å². The third-order valence-corrected chi connectivity index (χ3v) is 8.18. The molecule has 1 aromatic heterocycles. The average Bonchev–Trinajstić information content (AvgIpc) is 2.84. The predicted molar refractivity (Wildman–Crippen MR) is 114 cm³/mol. The van der Waals surface area contributed by atoms with E-state index < -0.39 is 26.8 Å². The van der Waals surface area contributed by atoms with E-state index in [1.54, 1.807) is 36.7 Å². The van der Waals surface area contributed by atoms with Gasteiger partial charge in [0.05, 0.1) is 4.90 Å². The number of rotatable bonds is 7. The zero-order valence-electron chi connectivity index (χ0n) is 17.6. The first kappa shape index (κ1) is 22.7. The number of nitrogens with one attached hydrogen (secondary N) is 1. The summed E-state index contributed by atoms with van der Waals surface area (Å²) in [6.07, 6.45) is 5.19. The summed E-state index contributed by atoms with van der Waals surface area (Å²) in [6, 6.07) is 9.40. The lowest BCUT2D eigenvalue weighted by Crippen LogP contribution is -2.56. The molecule has 1 aromatic carbocycles. The van der Waals surface area contributed by atoms with Crippen LogP contribution < -0.4 is 10.2 Å². The molecule has 0 bridgehead atoms. The summed E-state index contributed by atoms with van der Waals surface area (Å²) in [6.45, 7) is 0.872. The van der Waals surface area contributed by atoms with Crippen molar-refractivity contribution in [3.63, 3.8) is 0 Å². The van der Waals surface area contributed by atoms with Gasteiger partial charge in [0.1, 0.15) is 11.5 Å². The van der Waals surface area contributed by atoms with Crippen molar-refractivity contribution in [1.82, 2.24) is 10.5 Å². The molecule has 0 saturated carbocycles. The average molecular weight is 463 g/mol. The number of hydroxylamine groups is 1. The topological polar surface area (TPSA) is 113 Å². The largest absolute Gasteiger partial charge is 0.457 e. The molecule has 9 nitrogen and oxygen atoms in total. The Bertz CT molecular complexity index is 1000. The van der Waals surface area contributed by atoms with E-state index in [0.29, 0.717) is 24.5 Å². The molecule has 2 aromatic rings. The van der Waals surface area contributed by atoms with Gasteiger partial charge in [0.15, 0.2) is 20.9 Å². The highest BCUT2D eigenvalue weighted by Crippen LogP contribution is 2.36. The summed E-state index contributed by atoms with van der Waals surface area (Å²) in [4.78, 5) is 22.5. The highest BCUT2D eigenvalue weighted by molar-refractivity contribution is 7.93. The maximum atomic E-state index is 13.6. The fraction of sp³-hybridized carbons (Fsp3) is 0.455. The SMILES string of the molecule is O=C(NOC1CCCCO1)C1(S(=O)(=O)c2ccc(Oc3ccncc3)cc2)CCOCC1. The Morgan fingerprint density at radius 2 is 1.69 bits per heavy atom. The van der Waals surface area contributed by atoms with Gasteiger partial charge in [-0.1, -0.05) is 0 Å². The van der Waals surface area contributed by atoms with E-state index in [1.165, 1.54) is 12.1 Å². The predicted octanol–water partition coefficient (Wildman–Crippen LogP) is 2.77. The van der Waals surface area contributed by atoms with E-state index in [1.807, 2.05) is 0 Å². The second-order valence-corrected chi connectivity index (χ2v) is 9.97. The van der Waals surface area contributed by atoms with Crippen LogP contribution >= 0.6 is 0 Å². The van der Waals surface area contributed by atoms with Gasteiger partial charge in [0.25, 0.3) is 5.91 Å². The minimum atomic E-state index is -4.04. The fourth-order valence-electron chi connectivity index (χ4n) is 3.79. The smallest absolute Gasteiger partial charge is 0.265 e. The summed E-state index contributed by atoms with van der Waals surface area (Å²) < 4.78 is 42.1. The Labute approximate surface area is 186 Å². The van der Waals surface area contributed by atoms with Crippen molar-refractivity contribution in [3.8, 4) is 11.5 Å². The molecular formula is C22H26N2O7S. The van der Waals surface area contributed by atoms with E-state index >= 15 is 0 Å². The lowest BCUT2D eigenvalue weighted by atomic mass is 9.98. The summed E-state index contributed by atoms with van der Waals surface area (Å²) in [5.74, 6) is 0.350. The number of carbonyl (C=O) groups excluding carboxylic acids is 1. The van der Waals surface area contributed by atoms with Gasteiger partial charge in [-0.15, -0.1) is 0 Å². The number of benzene rings is 1. The van der Waals surface area contributed by atoms with Crippen LogP contribution in [0.25, 0.3) is 0 Å². The Hall–Kier alpha value is -2.53. The molecule has 4 rings (SSSR count). The molecule has 2 saturated heterocycles. The first-order valence-corrected chi connectivity index (χ1v) is 12.1. The molecule has 2 fully saturated rings. The van der Waals surface area contributed by atoms with Gasteiger partial charge < -0.3 is 14.2 Å². The van der Waals surface area contributed by atoms with Crippen LogP contribution in [0, 0.1) is 0 Å². The number of pyridine rings is 1. The minimum Gasteiger partial charge on any atom is -0.457 e. The van der Waals surface area contributed by atoms with Crippen LogP contribution in [0.2, 0.25) is 0 Å². The quantitative estimate of drug-likeness (QED) is 0.625. The van der Waals surface area contributed by atoms with Crippen molar-refractivity contribution < 1.29 is 32.3 Å². The Morgan fingerprint density at radius 1 is 1.00 bits per heavy atom. The highest BCUT2D eigenvalue weighted by atomic mass is 32.2. The molecule has 10 heteroatoms. The van der Waals surface area contributed by atoms with Crippen LogP contribution in [-0.2, 0) is 28.9 Å². The summed E-state index contributed by atoms with van der Waals surface area (Å²) in [5.41, 5.74) is 2.35. The van der Waals surface area contributed by atoms with Crippen molar-refractivity contribution in [2.24, 2.45) is 0 Å². The van der Waals surface area contributed by atoms with Crippen molar-refractivity contribution in [2.75, 3.05) is 19.8 Å². The van der Waals surface area contributed by atoms with E-state index in [9.17, 15) is 13.2 Å². The number of nitrogens with zero attached hydrogens (tertiary/aromatic N) is 1. The first-order valence-electron chi connectivity index (χ1n) is 10.6. The van der Waals surface area contributed by atoms with Gasteiger partial charge >= 0.3 is 0 Å². The molecule has 2 aliphatic rings. The van der Waals surface area contributed by atoms with E-state index in [4.69, 9.17) is 19.0 Å². The normalized spacial score (nSPS) is 20.9. The van der Waals surface area contributed by atoms with Crippen molar-refractivity contribution >= 4 is 15.7 Å². The number of ether oxygens (including phenoxy) is 3. The standard InChI is InChI=1S/C22H26N2O7S/c25-21(24-31-20-3-1-2-14-29-20)22(10-15-28-16-11-22)32(26,27)19-6-4-17(5-7-19)30-18-8-12-23-13-9-18/h4-9,12-13,20H,1-3,10-11,14-16H2,(H,24,25). The highest BCUT2D eigenvalue weighted by Gasteiger charge is 2.52. The maximum absolute atomic E-state index is 13.6. The third-order valence-electron chi connectivity index (χ3n) is 5.67. The molecule has 172 valence electrons. The van der Waals surface area contributed by atoms with Crippen LogP contribution in [-0.4, -0.2) is 50.2 Å². The van der Waals surface area contributed by atoms with Gasteiger partial charge in [0.2, 0.25) is 0 Å². The molecule has 0 radical (unpaired) electrons. The second-order valence-electron chi connectivity index (χ2n) is 7.71. The van der Waals surface area contributed by atoms with Gasteiger partial charge in [-0.2, -0.15) is 0 Å². The molecule has 1 N–H and O–H groups in total. The summed E-state index contributed by atoms with van der Waals surface area (Å²) in [5, 5.41) is 0. The minimum absolute atomic E-state index is 0.0329. The number of hydrogen-bond donors (Lipinski definition) is 1. The molecular weight excluding hydrogens is 436 g/mol. The van der Waals surface area contributed by atoms with Crippen molar-refractivity contribution in [2.45, 2.75) is 48.0 Å². The molecule has 0 aliphatic carbocycles. The molecule has 1 amide bonds. The van der Waals surface area contributed by atoms with Crippen molar-refractivity contribution in [3.05, 3.63) is 48.8 Å². The number of amides is 1. The molecule has 3 heterocycles. The van der Waals surface area contributed by atoms with Crippen LogP contribution in [0.5, 0.6) is 11.5 Å². The zero-order valence-corrected chi connectivity index (χ0v) is 18.4. The van der Waals surface area contributed by atoms with Crippen LogP contribution in [0.15, 0.2) is 53.7 Å². The van der Waals surface area contributed by atoms with E-state index in [2.05, 4.69) is 10.5 Å². The van der Waals surface area contributed by atoms with Gasteiger partial charge in [-0.05, 0) is 62.1 Å². The number of aromatic nitrogens is 1. The number of sulfone groups is 1. The number of carbonyl (C=O) groups is 1. The first-order chi connectivity index (χ1) is 15.5. The third kappa shape index (κ3) is 4.78. The van der Waals surface area contributed by atoms with Gasteiger partial charge in [-0.25, -0.2) is 18.7 Å². The molecule has 1 unspecified atom stereocenters. The monoisotopic (exact) mass is 462 g/mol. The Morgan fingerprint density at radius 3 is 2.34 bits per heavy atom. The van der Waals surface area contributed by atoms with Crippen LogP contribution in [0.1, 0.15) is 32.1 Å². The lowest BCUT2D eigenvalue weighted by Gasteiger charge is -2.35. The van der Waals surface area contributed by atoms with Crippen molar-refractivity contribution in [1.29, 1.82) is 0 Å². The molecule has 1 atom stereocenters. The molecule has 32 heavy (non-hydrogen) atoms. The molecule has 2 aliphatic heterocycles. The van der Waals surface area contributed by atoms with E-state index in [-0.39, 0.29) is 31.0 Å². The summed E-state index contributed by atoms with van der Waals surface area (Å²) in [7, 11) is -4.04. The Kier molecular flexibility index (Phi) is 7.04. The fourth-order valence-corrected chi connectivity index (χ4v) is 5.73. The summed E-state index contributed by atoms with van der Waals surface area (Å²) >= 11 is 0. The molecule has 0 spiro atoms.